The molecule has 2 aliphatic heterocycles. The van der Waals surface area contributed by atoms with Gasteiger partial charge in [-0.2, -0.15) is 0 Å². The summed E-state index contributed by atoms with van der Waals surface area (Å²) in [5, 5.41) is 0. The summed E-state index contributed by atoms with van der Waals surface area (Å²) in [6.45, 7) is 3.82. The maximum atomic E-state index is 5.91. The molecule has 0 saturated carbocycles. The van der Waals surface area contributed by atoms with Gasteiger partial charge >= 0.3 is 0 Å². The number of para-hydroxylation sites is 1. The molecule has 4 heteroatoms. The number of benzene rings is 1. The van der Waals surface area contributed by atoms with E-state index in [-0.39, 0.29) is 0 Å². The molecule has 0 radical (unpaired) electrons. The predicted molar refractivity (Wildman–Crippen MR) is 89.9 cm³/mol. The number of rotatable bonds is 4. The summed E-state index contributed by atoms with van der Waals surface area (Å²) < 4.78 is 11.3. The number of fused-ring (bicyclic) bond motifs is 1. The molecule has 2 aromatic rings. The summed E-state index contributed by atoms with van der Waals surface area (Å²) in [6, 6.07) is 10.3. The Labute approximate surface area is 136 Å². The van der Waals surface area contributed by atoms with Crippen LogP contribution in [0.15, 0.2) is 48.3 Å². The lowest BCUT2D eigenvalue weighted by atomic mass is 9.91. The monoisotopic (exact) mass is 308 g/mol. The van der Waals surface area contributed by atoms with Crippen LogP contribution >= 0.6 is 0 Å². The second-order valence-corrected chi connectivity index (χ2v) is 6.14. The van der Waals surface area contributed by atoms with Crippen LogP contribution < -0.4 is 9.47 Å². The van der Waals surface area contributed by atoms with Gasteiger partial charge in [0.15, 0.2) is 11.5 Å². The van der Waals surface area contributed by atoms with Gasteiger partial charge in [-0.05, 0) is 35.4 Å². The van der Waals surface area contributed by atoms with Gasteiger partial charge in [-0.3, -0.25) is 9.88 Å². The van der Waals surface area contributed by atoms with Crippen molar-refractivity contribution in [2.45, 2.75) is 5.92 Å². The van der Waals surface area contributed by atoms with E-state index < -0.39 is 0 Å². The quantitative estimate of drug-likeness (QED) is 0.870. The Morgan fingerprint density at radius 1 is 1.22 bits per heavy atom. The van der Waals surface area contributed by atoms with E-state index in [4.69, 9.17) is 9.47 Å². The van der Waals surface area contributed by atoms with Crippen molar-refractivity contribution in [2.75, 3.05) is 33.4 Å². The minimum Gasteiger partial charge on any atom is -0.493 e. The molecule has 0 aliphatic carbocycles. The van der Waals surface area contributed by atoms with Gasteiger partial charge in [-0.15, -0.1) is 0 Å². The van der Waals surface area contributed by atoms with Gasteiger partial charge in [-0.25, -0.2) is 0 Å². The minimum absolute atomic E-state index is 0.635. The average molecular weight is 308 g/mol. The second kappa shape index (κ2) is 6.05. The van der Waals surface area contributed by atoms with Gasteiger partial charge in [0.1, 0.15) is 6.61 Å². The third-order valence-electron chi connectivity index (χ3n) is 4.55. The van der Waals surface area contributed by atoms with Crippen molar-refractivity contribution in [1.29, 1.82) is 0 Å². The standard InChI is InChI=1S/C19H20N2O2/c1-22-18-4-2-3-16-9-14(13-23-19(16)18)10-21-11-17(12-21)15-5-7-20-8-6-15/h2-9,17H,10-13H2,1H3. The molecule has 1 aromatic carbocycles. The van der Waals surface area contributed by atoms with E-state index in [2.05, 4.69) is 34.2 Å². The summed E-state index contributed by atoms with van der Waals surface area (Å²) in [5.41, 5.74) is 3.82. The van der Waals surface area contributed by atoms with Crippen LogP contribution in [0.25, 0.3) is 6.08 Å². The number of methoxy groups -OCH3 is 1. The number of hydrogen-bond donors (Lipinski definition) is 0. The summed E-state index contributed by atoms with van der Waals surface area (Å²) >= 11 is 0. The summed E-state index contributed by atoms with van der Waals surface area (Å²) in [7, 11) is 1.68. The number of hydrogen-bond acceptors (Lipinski definition) is 4. The maximum absolute atomic E-state index is 5.91. The van der Waals surface area contributed by atoms with Gasteiger partial charge in [0, 0.05) is 43.5 Å². The molecule has 0 amide bonds. The highest BCUT2D eigenvalue weighted by Gasteiger charge is 2.29. The van der Waals surface area contributed by atoms with E-state index in [1.54, 1.807) is 7.11 Å². The molecule has 0 N–H and O–H groups in total. The predicted octanol–water partition coefficient (Wildman–Crippen LogP) is 2.97. The van der Waals surface area contributed by atoms with Crippen LogP contribution in [0.5, 0.6) is 11.5 Å². The Balaban J connectivity index is 1.40. The van der Waals surface area contributed by atoms with Crippen LogP contribution in [0.2, 0.25) is 0 Å². The molecule has 1 saturated heterocycles. The summed E-state index contributed by atoms with van der Waals surface area (Å²) in [5.74, 6) is 2.30. The third-order valence-corrected chi connectivity index (χ3v) is 4.55. The zero-order chi connectivity index (χ0) is 15.6. The molecule has 0 bridgehead atoms. The minimum atomic E-state index is 0.635. The molecule has 1 fully saturated rings. The number of pyridine rings is 1. The van der Waals surface area contributed by atoms with E-state index in [1.165, 1.54) is 11.1 Å². The van der Waals surface area contributed by atoms with E-state index >= 15 is 0 Å². The first-order valence-corrected chi connectivity index (χ1v) is 7.95. The lowest BCUT2D eigenvalue weighted by Crippen LogP contribution is -2.46. The fraction of sp³-hybridized carbons (Fsp3) is 0.316. The lowest BCUT2D eigenvalue weighted by Gasteiger charge is -2.40. The van der Waals surface area contributed by atoms with E-state index in [1.807, 2.05) is 24.5 Å². The van der Waals surface area contributed by atoms with Crippen LogP contribution in [0.1, 0.15) is 17.0 Å². The zero-order valence-electron chi connectivity index (χ0n) is 13.2. The highest BCUT2D eigenvalue weighted by molar-refractivity contribution is 5.66. The summed E-state index contributed by atoms with van der Waals surface area (Å²) in [6.07, 6.45) is 5.99. The molecule has 118 valence electrons. The largest absolute Gasteiger partial charge is 0.493 e. The Kier molecular flexibility index (Phi) is 3.75. The topological polar surface area (TPSA) is 34.6 Å². The number of nitrogens with zero attached hydrogens (tertiary/aromatic N) is 2. The van der Waals surface area contributed by atoms with Gasteiger partial charge in [0.2, 0.25) is 0 Å². The molecular formula is C19H20N2O2. The van der Waals surface area contributed by atoms with Gasteiger partial charge in [0.05, 0.1) is 7.11 Å². The van der Waals surface area contributed by atoms with Crippen molar-refractivity contribution in [3.8, 4) is 11.5 Å². The molecule has 0 spiro atoms. The second-order valence-electron chi connectivity index (χ2n) is 6.14. The fourth-order valence-electron chi connectivity index (χ4n) is 3.31. The zero-order valence-corrected chi connectivity index (χ0v) is 13.2. The van der Waals surface area contributed by atoms with Gasteiger partial charge in [-0.1, -0.05) is 12.1 Å². The van der Waals surface area contributed by atoms with Crippen LogP contribution in [-0.4, -0.2) is 43.2 Å². The van der Waals surface area contributed by atoms with E-state index in [0.29, 0.717) is 12.5 Å². The Hall–Kier alpha value is -2.33. The van der Waals surface area contributed by atoms with Crippen molar-refractivity contribution in [3.63, 3.8) is 0 Å². The molecule has 1 aromatic heterocycles. The number of ether oxygens (including phenoxy) is 2. The van der Waals surface area contributed by atoms with Crippen LogP contribution in [-0.2, 0) is 0 Å². The highest BCUT2D eigenvalue weighted by atomic mass is 16.5. The maximum Gasteiger partial charge on any atom is 0.168 e. The van der Waals surface area contributed by atoms with Crippen LogP contribution in [0.4, 0.5) is 0 Å². The first-order chi connectivity index (χ1) is 11.3. The SMILES string of the molecule is COc1cccc2c1OCC(CN1CC(c3ccncc3)C1)=C2. The number of aromatic nitrogens is 1. The normalized spacial score (nSPS) is 17.7. The molecule has 3 heterocycles. The lowest BCUT2D eigenvalue weighted by molar-refractivity contribution is 0.157. The molecule has 0 unspecified atom stereocenters. The van der Waals surface area contributed by atoms with Gasteiger partial charge < -0.3 is 9.47 Å². The molecule has 23 heavy (non-hydrogen) atoms. The van der Waals surface area contributed by atoms with Crippen LogP contribution in [0, 0.1) is 0 Å². The van der Waals surface area contributed by atoms with Crippen molar-refractivity contribution in [1.82, 2.24) is 9.88 Å². The molecule has 4 rings (SSSR count). The molecular weight excluding hydrogens is 288 g/mol. The molecule has 2 aliphatic rings. The average Bonchev–Trinajstić information content (AvgIpc) is 2.57. The van der Waals surface area contributed by atoms with Crippen molar-refractivity contribution >= 4 is 6.08 Å². The van der Waals surface area contributed by atoms with Crippen molar-refractivity contribution in [3.05, 3.63) is 59.4 Å². The first kappa shape index (κ1) is 14.3. The van der Waals surface area contributed by atoms with E-state index in [0.717, 1.165) is 36.7 Å². The highest BCUT2D eigenvalue weighted by Crippen LogP contribution is 2.36. The Bertz CT molecular complexity index is 721. The first-order valence-electron chi connectivity index (χ1n) is 7.95. The molecule has 4 nitrogen and oxygen atoms in total. The number of likely N-dealkylation sites (tertiary alicyclic amines) is 1. The van der Waals surface area contributed by atoms with Crippen LogP contribution in [0.3, 0.4) is 0 Å². The fourth-order valence-corrected chi connectivity index (χ4v) is 3.31. The van der Waals surface area contributed by atoms with Gasteiger partial charge in [0.25, 0.3) is 0 Å². The van der Waals surface area contributed by atoms with Crippen molar-refractivity contribution < 1.29 is 9.47 Å². The smallest absolute Gasteiger partial charge is 0.168 e. The third kappa shape index (κ3) is 2.82. The Morgan fingerprint density at radius 3 is 2.83 bits per heavy atom. The van der Waals surface area contributed by atoms with E-state index in [9.17, 15) is 0 Å². The van der Waals surface area contributed by atoms with Crippen molar-refractivity contribution in [2.24, 2.45) is 0 Å². The summed E-state index contributed by atoms with van der Waals surface area (Å²) in [4.78, 5) is 6.55. The Morgan fingerprint density at radius 2 is 2.04 bits per heavy atom. The molecule has 0 atom stereocenters.